The van der Waals surface area contributed by atoms with Crippen LogP contribution < -0.4 is 0 Å². The Morgan fingerprint density at radius 2 is 1.88 bits per heavy atom. The molecule has 0 radical (unpaired) electrons. The Hall–Kier alpha value is 0.920. The fraction of sp³-hybridized carbons (Fsp3) is 1.00. The fourth-order valence-corrected chi connectivity index (χ4v) is 0.570. The fourth-order valence-electron chi connectivity index (χ4n) is 0.265. The van der Waals surface area contributed by atoms with E-state index in [1.165, 1.54) is 0 Å². The van der Waals surface area contributed by atoms with Gasteiger partial charge in [0.05, 0.1) is 6.61 Å². The molecule has 0 aliphatic heterocycles. The lowest BCUT2D eigenvalue weighted by Gasteiger charge is -2.05. The van der Waals surface area contributed by atoms with Crippen molar-refractivity contribution in [1.29, 1.82) is 0 Å². The summed E-state index contributed by atoms with van der Waals surface area (Å²) in [5.74, 6) is 0.604. The van der Waals surface area contributed by atoms with Crippen LogP contribution in [0.5, 0.6) is 0 Å². The summed E-state index contributed by atoms with van der Waals surface area (Å²) in [6.07, 6.45) is 0. The van der Waals surface area contributed by atoms with Crippen molar-refractivity contribution in [2.45, 2.75) is 17.8 Å². The molecule has 8 heavy (non-hydrogen) atoms. The van der Waals surface area contributed by atoms with Gasteiger partial charge in [0.2, 0.25) is 0 Å². The van der Waals surface area contributed by atoms with Gasteiger partial charge in [-0.1, -0.05) is 13.8 Å². The molecular formula is C5H10Br2O. The largest absolute Gasteiger partial charge is 0.356 e. The second kappa shape index (κ2) is 4.77. The Morgan fingerprint density at radius 3 is 2.00 bits per heavy atom. The minimum Gasteiger partial charge on any atom is -0.356 e. The maximum Gasteiger partial charge on any atom is 0.167 e. The quantitative estimate of drug-likeness (QED) is 0.695. The van der Waals surface area contributed by atoms with Gasteiger partial charge in [0, 0.05) is 0 Å². The minimum atomic E-state index is 0.0115. The molecule has 0 rings (SSSR count). The summed E-state index contributed by atoms with van der Waals surface area (Å²) in [5.41, 5.74) is 0. The van der Waals surface area contributed by atoms with Gasteiger partial charge in [-0.25, -0.2) is 0 Å². The van der Waals surface area contributed by atoms with Gasteiger partial charge in [0.15, 0.2) is 3.92 Å². The van der Waals surface area contributed by atoms with Crippen LogP contribution in [0.3, 0.4) is 0 Å². The number of hydrogen-bond acceptors (Lipinski definition) is 1. The lowest BCUT2D eigenvalue weighted by Crippen LogP contribution is -2.03. The number of alkyl halides is 2. The third-order valence-corrected chi connectivity index (χ3v) is 1.08. The van der Waals surface area contributed by atoms with Crippen LogP contribution in [0, 0.1) is 5.92 Å². The van der Waals surface area contributed by atoms with Crippen LogP contribution in [0.15, 0.2) is 0 Å². The Labute approximate surface area is 67.0 Å². The van der Waals surface area contributed by atoms with Gasteiger partial charge in [0.1, 0.15) is 0 Å². The van der Waals surface area contributed by atoms with Gasteiger partial charge in [-0.05, 0) is 37.8 Å². The molecule has 0 saturated heterocycles. The highest BCUT2D eigenvalue weighted by Gasteiger charge is 1.97. The van der Waals surface area contributed by atoms with Gasteiger partial charge in [-0.2, -0.15) is 0 Å². The first-order chi connectivity index (χ1) is 3.63. The van der Waals surface area contributed by atoms with Crippen LogP contribution in [0.1, 0.15) is 13.8 Å². The SMILES string of the molecule is CC(C)COC(Br)Br. The molecule has 0 bridgehead atoms. The zero-order valence-electron chi connectivity index (χ0n) is 5.03. The van der Waals surface area contributed by atoms with Crippen molar-refractivity contribution in [2.75, 3.05) is 6.61 Å². The monoisotopic (exact) mass is 244 g/mol. The molecule has 0 aromatic heterocycles. The average molecular weight is 246 g/mol. The van der Waals surface area contributed by atoms with E-state index in [-0.39, 0.29) is 3.92 Å². The van der Waals surface area contributed by atoms with Gasteiger partial charge in [-0.15, -0.1) is 0 Å². The Bertz CT molecular complexity index is 46.4. The van der Waals surface area contributed by atoms with Crippen LogP contribution >= 0.6 is 31.9 Å². The predicted octanol–water partition coefficient (Wildman–Crippen LogP) is 2.73. The van der Waals surface area contributed by atoms with Gasteiger partial charge in [-0.3, -0.25) is 0 Å². The number of halogens is 2. The summed E-state index contributed by atoms with van der Waals surface area (Å²) in [4.78, 5) is 0. The first-order valence-corrected chi connectivity index (χ1v) is 4.36. The van der Waals surface area contributed by atoms with Gasteiger partial charge in [0.25, 0.3) is 0 Å². The van der Waals surface area contributed by atoms with Crippen molar-refractivity contribution in [3.05, 3.63) is 0 Å². The Morgan fingerprint density at radius 1 is 1.38 bits per heavy atom. The van der Waals surface area contributed by atoms with Crippen LogP contribution in [-0.4, -0.2) is 10.5 Å². The number of ether oxygens (including phenoxy) is 1. The zero-order valence-corrected chi connectivity index (χ0v) is 8.20. The summed E-state index contributed by atoms with van der Waals surface area (Å²) < 4.78 is 5.15. The highest BCUT2D eigenvalue weighted by Crippen LogP contribution is 2.10. The topological polar surface area (TPSA) is 9.23 Å². The highest BCUT2D eigenvalue weighted by molar-refractivity contribution is 9.24. The smallest absolute Gasteiger partial charge is 0.167 e. The second-order valence-electron chi connectivity index (χ2n) is 1.99. The van der Waals surface area contributed by atoms with E-state index in [0.717, 1.165) is 6.61 Å². The summed E-state index contributed by atoms with van der Waals surface area (Å²) in [5, 5.41) is 0. The van der Waals surface area contributed by atoms with Gasteiger partial charge < -0.3 is 4.74 Å². The summed E-state index contributed by atoms with van der Waals surface area (Å²) in [6, 6.07) is 0. The van der Waals surface area contributed by atoms with Crippen molar-refractivity contribution < 1.29 is 4.74 Å². The normalized spacial score (nSPS) is 11.2. The molecule has 0 aliphatic carbocycles. The minimum absolute atomic E-state index is 0.0115. The standard InChI is InChI=1S/C5H10Br2O/c1-4(2)3-8-5(6)7/h4-5H,3H2,1-2H3. The van der Waals surface area contributed by atoms with Crippen molar-refractivity contribution >= 4 is 31.9 Å². The third kappa shape index (κ3) is 6.92. The van der Waals surface area contributed by atoms with Crippen molar-refractivity contribution in [3.63, 3.8) is 0 Å². The van der Waals surface area contributed by atoms with E-state index < -0.39 is 0 Å². The predicted molar refractivity (Wildman–Crippen MR) is 42.4 cm³/mol. The van der Waals surface area contributed by atoms with Crippen molar-refractivity contribution in [3.8, 4) is 0 Å². The average Bonchev–Trinajstić information content (AvgIpc) is 1.61. The van der Waals surface area contributed by atoms with Crippen LogP contribution in [-0.2, 0) is 4.74 Å². The van der Waals surface area contributed by atoms with E-state index >= 15 is 0 Å². The molecule has 0 aromatic rings. The molecule has 0 N–H and O–H groups in total. The maximum atomic E-state index is 5.14. The van der Waals surface area contributed by atoms with Crippen molar-refractivity contribution in [2.24, 2.45) is 5.92 Å². The molecule has 0 aromatic carbocycles. The van der Waals surface area contributed by atoms with Crippen molar-refractivity contribution in [1.82, 2.24) is 0 Å². The molecule has 0 aliphatic rings. The Balaban J connectivity index is 2.93. The summed E-state index contributed by atoms with van der Waals surface area (Å²) in [6.45, 7) is 5.02. The lowest BCUT2D eigenvalue weighted by atomic mass is 10.2. The molecular weight excluding hydrogens is 236 g/mol. The van der Waals surface area contributed by atoms with E-state index in [2.05, 4.69) is 45.7 Å². The van der Waals surface area contributed by atoms with E-state index in [1.807, 2.05) is 0 Å². The lowest BCUT2D eigenvalue weighted by molar-refractivity contribution is 0.142. The van der Waals surface area contributed by atoms with Crippen LogP contribution in [0.2, 0.25) is 0 Å². The number of rotatable bonds is 3. The highest BCUT2D eigenvalue weighted by atomic mass is 79.9. The first kappa shape index (κ1) is 8.92. The maximum absolute atomic E-state index is 5.14. The molecule has 0 heterocycles. The first-order valence-electron chi connectivity index (χ1n) is 2.52. The van der Waals surface area contributed by atoms with Crippen LogP contribution in [0.4, 0.5) is 0 Å². The molecule has 0 fully saturated rings. The molecule has 0 atom stereocenters. The molecule has 0 saturated carbocycles. The molecule has 0 amide bonds. The second-order valence-corrected chi connectivity index (χ2v) is 4.88. The number of hydrogen-bond donors (Lipinski definition) is 0. The third-order valence-electron chi connectivity index (χ3n) is 0.556. The molecule has 3 heteroatoms. The van der Waals surface area contributed by atoms with E-state index in [4.69, 9.17) is 4.74 Å². The van der Waals surface area contributed by atoms with E-state index in [9.17, 15) is 0 Å². The molecule has 0 spiro atoms. The van der Waals surface area contributed by atoms with Crippen LogP contribution in [0.25, 0.3) is 0 Å². The molecule has 50 valence electrons. The molecule has 0 unspecified atom stereocenters. The van der Waals surface area contributed by atoms with E-state index in [0.29, 0.717) is 5.92 Å². The van der Waals surface area contributed by atoms with Gasteiger partial charge >= 0.3 is 0 Å². The van der Waals surface area contributed by atoms with E-state index in [1.54, 1.807) is 0 Å². The summed E-state index contributed by atoms with van der Waals surface area (Å²) >= 11 is 6.39. The summed E-state index contributed by atoms with van der Waals surface area (Å²) in [7, 11) is 0. The Kier molecular flexibility index (Phi) is 5.31. The zero-order chi connectivity index (χ0) is 6.57. The molecule has 1 nitrogen and oxygen atoms in total.